The second-order valence-corrected chi connectivity index (χ2v) is 9.26. The molecule has 0 spiro atoms. The van der Waals surface area contributed by atoms with Gasteiger partial charge in [0.25, 0.3) is 5.91 Å². The highest BCUT2D eigenvalue weighted by Crippen LogP contribution is 2.28. The van der Waals surface area contributed by atoms with E-state index in [1.54, 1.807) is 69.3 Å². The first-order valence-electron chi connectivity index (χ1n) is 12.0. The van der Waals surface area contributed by atoms with Crippen molar-refractivity contribution in [1.29, 1.82) is 0 Å². The molecule has 0 aliphatic rings. The second kappa shape index (κ2) is 13.3. The van der Waals surface area contributed by atoms with Crippen LogP contribution in [0.5, 0.6) is 5.75 Å². The van der Waals surface area contributed by atoms with Crippen LogP contribution in [-0.4, -0.2) is 59.8 Å². The number of hydrogen-bond donors (Lipinski definition) is 3. The van der Waals surface area contributed by atoms with E-state index in [-0.39, 0.29) is 6.54 Å². The molecule has 0 heterocycles. The Balaban J connectivity index is 2.48. The van der Waals surface area contributed by atoms with Gasteiger partial charge in [-0.1, -0.05) is 31.0 Å². The van der Waals surface area contributed by atoms with Crippen LogP contribution in [0, 0.1) is 12.3 Å². The first-order valence-corrected chi connectivity index (χ1v) is 12.0. The predicted molar refractivity (Wildman–Crippen MR) is 141 cm³/mol. The summed E-state index contributed by atoms with van der Waals surface area (Å²) in [5.74, 6) is 2.03. The molecule has 3 amide bonds. The Bertz CT molecular complexity index is 1120. The lowest BCUT2D eigenvalue weighted by molar-refractivity contribution is -0.141. The molecule has 2 atom stereocenters. The van der Waals surface area contributed by atoms with Crippen molar-refractivity contribution in [2.24, 2.45) is 0 Å². The van der Waals surface area contributed by atoms with Crippen LogP contribution < -0.4 is 15.4 Å². The number of rotatable bonds is 10. The number of amides is 3. The van der Waals surface area contributed by atoms with Crippen molar-refractivity contribution in [3.8, 4) is 18.1 Å². The molecular formula is C28H35N3O6. The van der Waals surface area contributed by atoms with Crippen molar-refractivity contribution in [1.82, 2.24) is 10.2 Å². The van der Waals surface area contributed by atoms with Gasteiger partial charge >= 0.3 is 6.09 Å². The number of ether oxygens (including phenoxy) is 2. The molecule has 0 aromatic heterocycles. The molecule has 2 rings (SSSR count). The Kier molecular flexibility index (Phi) is 10.5. The lowest BCUT2D eigenvalue weighted by Gasteiger charge is -2.34. The maximum Gasteiger partial charge on any atom is 0.408 e. The number of carbonyl (C=O) groups excluding carboxylic acids is 3. The van der Waals surface area contributed by atoms with Crippen LogP contribution in [0.4, 0.5) is 10.5 Å². The van der Waals surface area contributed by atoms with Gasteiger partial charge in [-0.15, -0.1) is 6.42 Å². The van der Waals surface area contributed by atoms with Crippen LogP contribution in [0.1, 0.15) is 51.3 Å². The van der Waals surface area contributed by atoms with E-state index in [0.29, 0.717) is 29.0 Å². The van der Waals surface area contributed by atoms with E-state index in [1.165, 1.54) is 12.0 Å². The summed E-state index contributed by atoms with van der Waals surface area (Å²) in [6.45, 7) is 6.36. The van der Waals surface area contributed by atoms with E-state index in [0.717, 1.165) is 0 Å². The van der Waals surface area contributed by atoms with Gasteiger partial charge in [0.15, 0.2) is 0 Å². The minimum absolute atomic E-state index is 0.158. The first kappa shape index (κ1) is 29.2. The number of anilines is 1. The Morgan fingerprint density at radius 2 is 1.76 bits per heavy atom. The number of benzene rings is 2. The number of methoxy groups -OCH3 is 1. The fraction of sp³-hybridized carbons (Fsp3) is 0.393. The molecule has 0 fully saturated rings. The number of carbonyl (C=O) groups is 3. The minimum atomic E-state index is -1.34. The second-order valence-electron chi connectivity index (χ2n) is 9.26. The molecule has 9 nitrogen and oxygen atoms in total. The number of nitrogens with one attached hydrogen (secondary N) is 2. The summed E-state index contributed by atoms with van der Waals surface area (Å²) in [5.41, 5.74) is 0.560. The topological polar surface area (TPSA) is 117 Å². The summed E-state index contributed by atoms with van der Waals surface area (Å²) < 4.78 is 10.4. The number of aliphatic hydroxyl groups is 1. The number of hydrogen-bond acceptors (Lipinski definition) is 6. The maximum absolute atomic E-state index is 13.7. The molecule has 2 aromatic rings. The summed E-state index contributed by atoms with van der Waals surface area (Å²) in [4.78, 5) is 41.0. The highest BCUT2D eigenvalue weighted by Gasteiger charge is 2.36. The van der Waals surface area contributed by atoms with Gasteiger partial charge in [-0.2, -0.15) is 0 Å². The van der Waals surface area contributed by atoms with E-state index in [9.17, 15) is 19.5 Å². The van der Waals surface area contributed by atoms with Gasteiger partial charge in [0.2, 0.25) is 5.91 Å². The van der Waals surface area contributed by atoms with Gasteiger partial charge in [-0.05, 0) is 63.1 Å². The SMILES string of the molecule is C#Cc1ccccc1C(C(=O)Nc1ccc(OC)cc1)N(CCC)C(=O)C(CO)NC(=O)OC(C)(C)C. The molecule has 0 saturated carbocycles. The molecule has 0 aliphatic heterocycles. The van der Waals surface area contributed by atoms with Gasteiger partial charge in [-0.3, -0.25) is 9.59 Å². The molecule has 2 unspecified atom stereocenters. The molecular weight excluding hydrogens is 474 g/mol. The van der Waals surface area contributed by atoms with Crippen LogP contribution in [-0.2, 0) is 14.3 Å². The quantitative estimate of drug-likeness (QED) is 0.422. The van der Waals surface area contributed by atoms with Crippen molar-refractivity contribution in [2.75, 3.05) is 25.6 Å². The van der Waals surface area contributed by atoms with E-state index < -0.39 is 42.2 Å². The summed E-state index contributed by atoms with van der Waals surface area (Å²) in [5, 5.41) is 15.2. The summed E-state index contributed by atoms with van der Waals surface area (Å²) in [6, 6.07) is 11.1. The zero-order valence-electron chi connectivity index (χ0n) is 21.9. The van der Waals surface area contributed by atoms with Crippen LogP contribution in [0.25, 0.3) is 0 Å². The van der Waals surface area contributed by atoms with Gasteiger partial charge in [0.05, 0.1) is 13.7 Å². The standard InChI is InChI=1S/C28H35N3O6/c1-7-17-31(26(34)23(18-32)30-27(35)37-28(3,4)5)24(22-12-10-9-11-19(22)8-2)25(33)29-20-13-15-21(36-6)16-14-20/h2,9-16,23-24,32H,7,17-18H2,1,3-6H3,(H,29,33)(H,30,35). The fourth-order valence-electron chi connectivity index (χ4n) is 3.65. The van der Waals surface area contributed by atoms with Crippen molar-refractivity contribution in [3.05, 3.63) is 59.7 Å². The highest BCUT2D eigenvalue weighted by atomic mass is 16.6. The molecule has 37 heavy (non-hydrogen) atoms. The number of alkyl carbamates (subject to hydrolysis) is 1. The zero-order chi connectivity index (χ0) is 27.6. The van der Waals surface area contributed by atoms with E-state index in [1.807, 2.05) is 6.92 Å². The van der Waals surface area contributed by atoms with Crippen molar-refractivity contribution in [2.45, 2.75) is 51.8 Å². The fourth-order valence-corrected chi connectivity index (χ4v) is 3.65. The molecule has 9 heteroatoms. The molecule has 0 aliphatic carbocycles. The lowest BCUT2D eigenvalue weighted by atomic mass is 9.97. The third kappa shape index (κ3) is 8.26. The third-order valence-corrected chi connectivity index (χ3v) is 5.25. The molecule has 0 saturated heterocycles. The smallest absolute Gasteiger partial charge is 0.408 e. The van der Waals surface area contributed by atoms with Crippen LogP contribution in [0.2, 0.25) is 0 Å². The highest BCUT2D eigenvalue weighted by molar-refractivity contribution is 5.99. The van der Waals surface area contributed by atoms with Crippen molar-refractivity contribution >= 4 is 23.6 Å². The number of terminal acetylenes is 1. The van der Waals surface area contributed by atoms with E-state index >= 15 is 0 Å². The van der Waals surface area contributed by atoms with Gasteiger partial charge in [-0.25, -0.2) is 4.79 Å². The van der Waals surface area contributed by atoms with Crippen LogP contribution >= 0.6 is 0 Å². The summed E-state index contributed by atoms with van der Waals surface area (Å²) in [7, 11) is 1.54. The van der Waals surface area contributed by atoms with Gasteiger partial charge < -0.3 is 30.1 Å². The van der Waals surface area contributed by atoms with Gasteiger partial charge in [0.1, 0.15) is 23.4 Å². The van der Waals surface area contributed by atoms with Crippen molar-refractivity contribution < 1.29 is 29.0 Å². The van der Waals surface area contributed by atoms with Crippen LogP contribution in [0.3, 0.4) is 0 Å². The Morgan fingerprint density at radius 3 is 2.30 bits per heavy atom. The largest absolute Gasteiger partial charge is 0.497 e. The average molecular weight is 510 g/mol. The first-order chi connectivity index (χ1) is 17.5. The molecule has 2 aromatic carbocycles. The number of aliphatic hydroxyl groups excluding tert-OH is 1. The molecule has 0 radical (unpaired) electrons. The maximum atomic E-state index is 13.7. The van der Waals surface area contributed by atoms with E-state index in [2.05, 4.69) is 16.6 Å². The van der Waals surface area contributed by atoms with Crippen molar-refractivity contribution in [3.63, 3.8) is 0 Å². The minimum Gasteiger partial charge on any atom is -0.497 e. The monoisotopic (exact) mass is 509 g/mol. The molecule has 0 bridgehead atoms. The van der Waals surface area contributed by atoms with E-state index in [4.69, 9.17) is 15.9 Å². The van der Waals surface area contributed by atoms with Gasteiger partial charge in [0, 0.05) is 17.8 Å². The normalized spacial score (nSPS) is 12.5. The Labute approximate surface area is 218 Å². The Morgan fingerprint density at radius 1 is 1.11 bits per heavy atom. The predicted octanol–water partition coefficient (Wildman–Crippen LogP) is 3.48. The number of nitrogens with zero attached hydrogens (tertiary/aromatic N) is 1. The van der Waals surface area contributed by atoms with Crippen LogP contribution in [0.15, 0.2) is 48.5 Å². The Hall–Kier alpha value is -4.03. The molecule has 3 N–H and O–H groups in total. The molecule has 198 valence electrons. The summed E-state index contributed by atoms with van der Waals surface area (Å²) >= 11 is 0. The lowest BCUT2D eigenvalue weighted by Crippen LogP contribution is -2.54. The zero-order valence-corrected chi connectivity index (χ0v) is 21.9. The summed E-state index contributed by atoms with van der Waals surface area (Å²) in [6.07, 6.45) is 5.36. The average Bonchev–Trinajstić information content (AvgIpc) is 2.86. The third-order valence-electron chi connectivity index (χ3n) is 5.25.